The van der Waals surface area contributed by atoms with Crippen molar-refractivity contribution in [1.29, 1.82) is 0 Å². The van der Waals surface area contributed by atoms with Crippen molar-refractivity contribution in [2.75, 3.05) is 20.7 Å². The maximum atomic E-state index is 12.6. The lowest BCUT2D eigenvalue weighted by Crippen LogP contribution is -2.46. The molecule has 2 amide bonds. The van der Waals surface area contributed by atoms with Crippen LogP contribution in [0, 0.1) is 5.92 Å². The number of carbonyl (C=O) groups is 2. The van der Waals surface area contributed by atoms with Gasteiger partial charge in [0.05, 0.1) is 19.1 Å². The van der Waals surface area contributed by atoms with Crippen LogP contribution in [0.5, 0.6) is 5.75 Å². The van der Waals surface area contributed by atoms with Crippen molar-refractivity contribution in [3.63, 3.8) is 0 Å². The summed E-state index contributed by atoms with van der Waals surface area (Å²) in [4.78, 5) is 26.4. The third-order valence-electron chi connectivity index (χ3n) is 4.48. The van der Waals surface area contributed by atoms with Gasteiger partial charge in [-0.2, -0.15) is 0 Å². The summed E-state index contributed by atoms with van der Waals surface area (Å²) in [7, 11) is 3.40. The predicted molar refractivity (Wildman–Crippen MR) is 89.1 cm³/mol. The number of ether oxygens (including phenoxy) is 1. The highest BCUT2D eigenvalue weighted by Crippen LogP contribution is 2.36. The van der Waals surface area contributed by atoms with Crippen molar-refractivity contribution in [2.45, 2.75) is 38.6 Å². The van der Waals surface area contributed by atoms with E-state index in [0.29, 0.717) is 19.4 Å². The monoisotopic (exact) mass is 318 g/mol. The molecule has 0 saturated carbocycles. The molecule has 1 aliphatic heterocycles. The minimum atomic E-state index is -0.219. The molecule has 1 saturated heterocycles. The summed E-state index contributed by atoms with van der Waals surface area (Å²) in [6, 6.07) is 7.39. The van der Waals surface area contributed by atoms with Crippen LogP contribution in [0.25, 0.3) is 0 Å². The molecule has 0 aromatic heterocycles. The SMILES string of the molecule is CCCCNC(=O)C1CCC(=O)N(C)C1c1ccc(OC)cc1. The van der Waals surface area contributed by atoms with Gasteiger partial charge >= 0.3 is 0 Å². The molecule has 2 unspecified atom stereocenters. The predicted octanol–water partition coefficient (Wildman–Crippen LogP) is 2.52. The van der Waals surface area contributed by atoms with Crippen LogP contribution in [0.15, 0.2) is 24.3 Å². The number of rotatable bonds is 6. The van der Waals surface area contributed by atoms with E-state index in [1.54, 1.807) is 19.1 Å². The Balaban J connectivity index is 2.20. The second-order valence-corrected chi connectivity index (χ2v) is 6.01. The van der Waals surface area contributed by atoms with Crippen molar-refractivity contribution in [3.8, 4) is 5.75 Å². The highest BCUT2D eigenvalue weighted by molar-refractivity contribution is 5.84. The van der Waals surface area contributed by atoms with Crippen molar-refractivity contribution in [2.24, 2.45) is 5.92 Å². The Hall–Kier alpha value is -2.04. The van der Waals surface area contributed by atoms with Gasteiger partial charge < -0.3 is 15.0 Å². The van der Waals surface area contributed by atoms with E-state index in [2.05, 4.69) is 12.2 Å². The molecule has 5 heteroatoms. The summed E-state index contributed by atoms with van der Waals surface area (Å²) in [5.41, 5.74) is 0.969. The molecule has 126 valence electrons. The van der Waals surface area contributed by atoms with Crippen LogP contribution in [-0.2, 0) is 9.59 Å². The van der Waals surface area contributed by atoms with Gasteiger partial charge in [0.15, 0.2) is 0 Å². The fourth-order valence-corrected chi connectivity index (χ4v) is 3.09. The zero-order chi connectivity index (χ0) is 16.8. The lowest BCUT2D eigenvalue weighted by atomic mass is 9.84. The van der Waals surface area contributed by atoms with Gasteiger partial charge in [-0.25, -0.2) is 0 Å². The molecular formula is C18H26N2O3. The Morgan fingerprint density at radius 2 is 2.04 bits per heavy atom. The number of nitrogens with one attached hydrogen (secondary N) is 1. The summed E-state index contributed by atoms with van der Waals surface area (Å²) >= 11 is 0. The van der Waals surface area contributed by atoms with Crippen LogP contribution >= 0.6 is 0 Å². The van der Waals surface area contributed by atoms with E-state index in [-0.39, 0.29) is 23.8 Å². The van der Waals surface area contributed by atoms with Gasteiger partial charge in [0, 0.05) is 20.0 Å². The Morgan fingerprint density at radius 1 is 1.35 bits per heavy atom. The number of unbranched alkanes of at least 4 members (excludes halogenated alkanes) is 1. The molecule has 1 aromatic carbocycles. The second kappa shape index (κ2) is 7.99. The number of carbonyl (C=O) groups excluding carboxylic acids is 2. The van der Waals surface area contributed by atoms with Gasteiger partial charge in [0.1, 0.15) is 5.75 Å². The molecular weight excluding hydrogens is 292 g/mol. The second-order valence-electron chi connectivity index (χ2n) is 6.01. The van der Waals surface area contributed by atoms with E-state index < -0.39 is 0 Å². The van der Waals surface area contributed by atoms with E-state index in [1.165, 1.54) is 0 Å². The quantitative estimate of drug-likeness (QED) is 0.820. The minimum Gasteiger partial charge on any atom is -0.497 e. The Morgan fingerprint density at radius 3 is 2.65 bits per heavy atom. The average molecular weight is 318 g/mol. The van der Waals surface area contributed by atoms with Gasteiger partial charge in [-0.3, -0.25) is 9.59 Å². The fraction of sp³-hybridized carbons (Fsp3) is 0.556. The molecule has 1 aromatic rings. The van der Waals surface area contributed by atoms with Crippen molar-refractivity contribution < 1.29 is 14.3 Å². The standard InChI is InChI=1S/C18H26N2O3/c1-4-5-12-19-18(22)15-10-11-16(21)20(2)17(15)13-6-8-14(23-3)9-7-13/h6-9,15,17H,4-5,10-12H2,1-3H3,(H,19,22). The van der Waals surface area contributed by atoms with Crippen LogP contribution in [-0.4, -0.2) is 37.4 Å². The Labute approximate surface area is 138 Å². The first-order valence-corrected chi connectivity index (χ1v) is 8.25. The molecule has 0 bridgehead atoms. The Bertz CT molecular complexity index is 542. The van der Waals surface area contributed by atoms with Gasteiger partial charge in [-0.05, 0) is 30.5 Å². The first kappa shape index (κ1) is 17.3. The van der Waals surface area contributed by atoms with E-state index in [0.717, 1.165) is 24.2 Å². The highest BCUT2D eigenvalue weighted by Gasteiger charge is 2.38. The first-order chi connectivity index (χ1) is 11.1. The third kappa shape index (κ3) is 4.03. The molecule has 1 N–H and O–H groups in total. The summed E-state index contributed by atoms with van der Waals surface area (Å²) in [6.45, 7) is 2.79. The zero-order valence-corrected chi connectivity index (χ0v) is 14.2. The molecule has 0 radical (unpaired) electrons. The minimum absolute atomic E-state index is 0.0404. The van der Waals surface area contributed by atoms with Gasteiger partial charge in [0.25, 0.3) is 0 Å². The van der Waals surface area contributed by atoms with Crippen molar-refractivity contribution in [3.05, 3.63) is 29.8 Å². The van der Waals surface area contributed by atoms with Crippen LogP contribution < -0.4 is 10.1 Å². The molecule has 1 heterocycles. The van der Waals surface area contributed by atoms with Gasteiger partial charge in [0.2, 0.25) is 11.8 Å². The smallest absolute Gasteiger partial charge is 0.225 e. The molecule has 0 aliphatic carbocycles. The van der Waals surface area contributed by atoms with Crippen LogP contribution in [0.4, 0.5) is 0 Å². The number of likely N-dealkylation sites (tertiary alicyclic amines) is 1. The van der Waals surface area contributed by atoms with Gasteiger partial charge in [-0.15, -0.1) is 0 Å². The average Bonchev–Trinajstić information content (AvgIpc) is 2.57. The molecule has 1 fully saturated rings. The van der Waals surface area contributed by atoms with E-state index in [1.807, 2.05) is 24.3 Å². The maximum Gasteiger partial charge on any atom is 0.225 e. The number of hydrogen-bond donors (Lipinski definition) is 1. The number of methoxy groups -OCH3 is 1. The van der Waals surface area contributed by atoms with Crippen LogP contribution in [0.2, 0.25) is 0 Å². The largest absolute Gasteiger partial charge is 0.497 e. The van der Waals surface area contributed by atoms with E-state index in [4.69, 9.17) is 4.74 Å². The molecule has 2 atom stereocenters. The number of nitrogens with zero attached hydrogens (tertiary/aromatic N) is 1. The maximum absolute atomic E-state index is 12.6. The number of amides is 2. The summed E-state index contributed by atoms with van der Waals surface area (Å²) in [5, 5.41) is 3.01. The Kier molecular flexibility index (Phi) is 6.02. The van der Waals surface area contributed by atoms with Crippen molar-refractivity contribution >= 4 is 11.8 Å². The van der Waals surface area contributed by atoms with Crippen LogP contribution in [0.1, 0.15) is 44.2 Å². The summed E-state index contributed by atoms with van der Waals surface area (Å²) < 4.78 is 5.18. The van der Waals surface area contributed by atoms with Crippen molar-refractivity contribution in [1.82, 2.24) is 10.2 Å². The number of piperidine rings is 1. The zero-order valence-electron chi connectivity index (χ0n) is 14.2. The summed E-state index contributed by atoms with van der Waals surface area (Å²) in [5.74, 6) is 0.687. The molecule has 0 spiro atoms. The van der Waals surface area contributed by atoms with Gasteiger partial charge in [-0.1, -0.05) is 25.5 Å². The fourth-order valence-electron chi connectivity index (χ4n) is 3.09. The molecule has 1 aliphatic rings. The molecule has 5 nitrogen and oxygen atoms in total. The number of benzene rings is 1. The summed E-state index contributed by atoms with van der Waals surface area (Å²) in [6.07, 6.45) is 3.04. The third-order valence-corrected chi connectivity index (χ3v) is 4.48. The topological polar surface area (TPSA) is 58.6 Å². The molecule has 23 heavy (non-hydrogen) atoms. The highest BCUT2D eigenvalue weighted by atomic mass is 16.5. The lowest BCUT2D eigenvalue weighted by molar-refractivity contribution is -0.141. The van der Waals surface area contributed by atoms with E-state index in [9.17, 15) is 9.59 Å². The van der Waals surface area contributed by atoms with Crippen LogP contribution in [0.3, 0.4) is 0 Å². The normalized spacial score (nSPS) is 21.2. The first-order valence-electron chi connectivity index (χ1n) is 8.25. The number of hydrogen-bond acceptors (Lipinski definition) is 3. The van der Waals surface area contributed by atoms with E-state index >= 15 is 0 Å². The lowest BCUT2D eigenvalue weighted by Gasteiger charge is -2.38. The molecule has 2 rings (SSSR count).